The predicted octanol–water partition coefficient (Wildman–Crippen LogP) is 0.673. The molecule has 0 radical (unpaired) electrons. The molecule has 0 aliphatic heterocycles. The third-order valence-electron chi connectivity index (χ3n) is 2.23. The average Bonchev–Trinajstić information content (AvgIpc) is 2.72. The van der Waals surface area contributed by atoms with Gasteiger partial charge in [-0.15, -0.1) is 0 Å². The Labute approximate surface area is 99.2 Å². The van der Waals surface area contributed by atoms with E-state index in [9.17, 15) is 18.0 Å². The molecule has 0 saturated heterocycles. The van der Waals surface area contributed by atoms with Crippen molar-refractivity contribution >= 4 is 22.3 Å². The van der Waals surface area contributed by atoms with Crippen LogP contribution in [0.25, 0.3) is 0 Å². The Hall–Kier alpha value is -1.63. The summed E-state index contributed by atoms with van der Waals surface area (Å²) < 4.78 is 29.0. The molecule has 1 aromatic heterocycles. The van der Waals surface area contributed by atoms with E-state index in [2.05, 4.69) is 4.74 Å². The molecule has 1 aromatic rings. The van der Waals surface area contributed by atoms with Gasteiger partial charge in [-0.25, -0.2) is 17.2 Å². The number of carbonyl (C=O) groups is 2. The maximum Gasteiger partial charge on any atom is 0.339 e. The number of methoxy groups -OCH3 is 1. The zero-order chi connectivity index (χ0) is 13.2. The first-order valence-electron chi connectivity index (χ1n) is 4.85. The van der Waals surface area contributed by atoms with Gasteiger partial charge in [0.25, 0.3) is 0 Å². The molecule has 7 heteroatoms. The number of aromatic nitrogens is 1. The van der Waals surface area contributed by atoms with Gasteiger partial charge in [0.2, 0.25) is 10.0 Å². The van der Waals surface area contributed by atoms with E-state index in [-0.39, 0.29) is 11.3 Å². The van der Waals surface area contributed by atoms with Crippen LogP contribution in [0.3, 0.4) is 0 Å². The van der Waals surface area contributed by atoms with Crippen LogP contribution in [-0.2, 0) is 14.8 Å². The Morgan fingerprint density at radius 2 is 2.06 bits per heavy atom. The highest BCUT2D eigenvalue weighted by Gasteiger charge is 2.23. The van der Waals surface area contributed by atoms with Crippen LogP contribution in [0.15, 0.2) is 12.3 Å². The first kappa shape index (κ1) is 13.4. The van der Waals surface area contributed by atoms with E-state index in [1.165, 1.54) is 27.0 Å². The monoisotopic (exact) mass is 259 g/mol. The van der Waals surface area contributed by atoms with Crippen molar-refractivity contribution in [1.29, 1.82) is 0 Å². The topological polar surface area (TPSA) is 82.4 Å². The van der Waals surface area contributed by atoms with E-state index in [4.69, 9.17) is 0 Å². The summed E-state index contributed by atoms with van der Waals surface area (Å²) in [5.74, 6) is -0.689. The van der Waals surface area contributed by atoms with Crippen LogP contribution in [0.5, 0.6) is 0 Å². The molecular formula is C10H13NO5S. The van der Waals surface area contributed by atoms with Gasteiger partial charge in [-0.2, -0.15) is 0 Å². The fourth-order valence-electron chi connectivity index (χ4n) is 1.22. The molecular weight excluding hydrogens is 246 g/mol. The summed E-state index contributed by atoms with van der Waals surface area (Å²) in [5, 5.41) is -0.695. The zero-order valence-electron chi connectivity index (χ0n) is 9.71. The van der Waals surface area contributed by atoms with Gasteiger partial charge in [0, 0.05) is 6.20 Å². The Balaban J connectivity index is 3.40. The second kappa shape index (κ2) is 4.70. The van der Waals surface area contributed by atoms with Gasteiger partial charge in [-0.05, 0) is 19.9 Å². The van der Waals surface area contributed by atoms with Crippen molar-refractivity contribution < 1.29 is 22.7 Å². The molecule has 0 saturated carbocycles. The molecule has 0 aromatic carbocycles. The van der Waals surface area contributed by atoms with Gasteiger partial charge in [0.1, 0.15) is 0 Å². The Kier molecular flexibility index (Phi) is 3.72. The summed E-state index contributed by atoms with van der Waals surface area (Å²) >= 11 is 0. The minimum Gasteiger partial charge on any atom is -0.465 e. The first-order valence-corrected chi connectivity index (χ1v) is 6.35. The van der Waals surface area contributed by atoms with Crippen molar-refractivity contribution in [2.45, 2.75) is 19.1 Å². The number of hydrogen-bond donors (Lipinski definition) is 0. The molecule has 0 N–H and O–H groups in total. The molecule has 0 unspecified atom stereocenters. The van der Waals surface area contributed by atoms with Crippen LogP contribution in [-0.4, -0.2) is 37.0 Å². The minimum absolute atomic E-state index is 0.0267. The molecule has 0 spiro atoms. The Bertz CT molecular complexity index is 541. The van der Waals surface area contributed by atoms with Crippen molar-refractivity contribution in [3.8, 4) is 0 Å². The average molecular weight is 259 g/mol. The third kappa shape index (κ3) is 2.38. The molecule has 6 nitrogen and oxygen atoms in total. The van der Waals surface area contributed by atoms with Crippen molar-refractivity contribution in [2.75, 3.05) is 7.11 Å². The van der Waals surface area contributed by atoms with E-state index in [0.29, 0.717) is 6.29 Å². The number of rotatable bonds is 4. The summed E-state index contributed by atoms with van der Waals surface area (Å²) in [6.45, 7) is 2.98. The third-order valence-corrected chi connectivity index (χ3v) is 4.28. The molecule has 1 rings (SSSR count). The fraction of sp³-hybridized carbons (Fsp3) is 0.400. The molecule has 0 bridgehead atoms. The molecule has 0 aliphatic carbocycles. The van der Waals surface area contributed by atoms with Crippen molar-refractivity contribution in [1.82, 2.24) is 3.97 Å². The second-order valence-electron chi connectivity index (χ2n) is 3.65. The number of nitrogens with zero attached hydrogens (tertiary/aromatic N) is 1. The molecule has 94 valence electrons. The Morgan fingerprint density at radius 3 is 2.47 bits per heavy atom. The molecule has 1 heterocycles. The number of ether oxygens (including phenoxy) is 1. The lowest BCUT2D eigenvalue weighted by atomic mass is 10.3. The van der Waals surface area contributed by atoms with E-state index in [0.717, 1.165) is 10.2 Å². The first-order chi connectivity index (χ1) is 7.84. The maximum absolute atomic E-state index is 11.9. The number of carbonyl (C=O) groups excluding carboxylic acids is 2. The normalized spacial score (nSPS) is 11.5. The van der Waals surface area contributed by atoms with Gasteiger partial charge in [0.05, 0.1) is 23.6 Å². The Morgan fingerprint density at radius 1 is 1.47 bits per heavy atom. The van der Waals surface area contributed by atoms with Gasteiger partial charge in [-0.1, -0.05) is 0 Å². The van der Waals surface area contributed by atoms with Gasteiger partial charge < -0.3 is 4.74 Å². The van der Waals surface area contributed by atoms with E-state index in [1.807, 2.05) is 0 Å². The predicted molar refractivity (Wildman–Crippen MR) is 60.6 cm³/mol. The van der Waals surface area contributed by atoms with Crippen molar-refractivity contribution in [3.05, 3.63) is 23.5 Å². The highest BCUT2D eigenvalue weighted by atomic mass is 32.2. The number of hydrogen-bond acceptors (Lipinski definition) is 5. The van der Waals surface area contributed by atoms with E-state index >= 15 is 0 Å². The van der Waals surface area contributed by atoms with Crippen LogP contribution in [0, 0.1) is 0 Å². The fourth-order valence-corrected chi connectivity index (χ4v) is 2.33. The standard InChI is InChI=1S/C10H13NO5S/c1-7(2)17(14,15)11-5-8(10(13)16-3)4-9(11)6-12/h4-7H,1-3H3. The van der Waals surface area contributed by atoms with Crippen LogP contribution in [0.4, 0.5) is 0 Å². The summed E-state index contributed by atoms with van der Waals surface area (Å²) in [4.78, 5) is 22.0. The largest absolute Gasteiger partial charge is 0.465 e. The molecule has 0 aliphatic rings. The second-order valence-corrected chi connectivity index (χ2v) is 6.02. The summed E-state index contributed by atoms with van der Waals surface area (Å²) in [6.07, 6.45) is 1.47. The quantitative estimate of drug-likeness (QED) is 0.586. The zero-order valence-corrected chi connectivity index (χ0v) is 10.5. The number of aldehydes is 1. The van der Waals surface area contributed by atoms with Gasteiger partial charge >= 0.3 is 5.97 Å². The summed E-state index contributed by atoms with van der Waals surface area (Å²) in [5.41, 5.74) is -0.0714. The van der Waals surface area contributed by atoms with E-state index < -0.39 is 21.2 Å². The van der Waals surface area contributed by atoms with Crippen LogP contribution >= 0.6 is 0 Å². The highest BCUT2D eigenvalue weighted by Crippen LogP contribution is 2.14. The minimum atomic E-state index is -3.66. The number of esters is 1. The maximum atomic E-state index is 11.9. The van der Waals surface area contributed by atoms with Gasteiger partial charge in [-0.3, -0.25) is 4.79 Å². The molecule has 17 heavy (non-hydrogen) atoms. The smallest absolute Gasteiger partial charge is 0.339 e. The molecule has 0 atom stereocenters. The lowest BCUT2D eigenvalue weighted by Gasteiger charge is -2.09. The van der Waals surface area contributed by atoms with Crippen LogP contribution in [0.1, 0.15) is 34.7 Å². The molecule has 0 amide bonds. The van der Waals surface area contributed by atoms with Crippen LogP contribution < -0.4 is 0 Å². The lowest BCUT2D eigenvalue weighted by Crippen LogP contribution is -2.23. The summed E-state index contributed by atoms with van der Waals surface area (Å²) in [6, 6.07) is 1.18. The van der Waals surface area contributed by atoms with Gasteiger partial charge in [0.15, 0.2) is 6.29 Å². The highest BCUT2D eigenvalue weighted by molar-refractivity contribution is 7.90. The van der Waals surface area contributed by atoms with Crippen molar-refractivity contribution in [3.63, 3.8) is 0 Å². The molecule has 0 fully saturated rings. The van der Waals surface area contributed by atoms with Crippen LogP contribution in [0.2, 0.25) is 0 Å². The summed E-state index contributed by atoms with van der Waals surface area (Å²) in [7, 11) is -2.49. The SMILES string of the molecule is COC(=O)c1cc(C=O)n(S(=O)(=O)C(C)C)c1. The van der Waals surface area contributed by atoms with Crippen molar-refractivity contribution in [2.24, 2.45) is 0 Å². The lowest BCUT2D eigenvalue weighted by molar-refractivity contribution is 0.0601. The van der Waals surface area contributed by atoms with E-state index in [1.54, 1.807) is 0 Å².